The second-order valence-corrected chi connectivity index (χ2v) is 11.3. The van der Waals surface area contributed by atoms with Gasteiger partial charge in [0.1, 0.15) is 11.6 Å². The number of carbonyl (C=O) groups excluding carboxylic acids is 3. The molecule has 0 aromatic rings. The highest BCUT2D eigenvalue weighted by Crippen LogP contribution is 2.64. The summed E-state index contributed by atoms with van der Waals surface area (Å²) in [6.07, 6.45) is 8.68. The fourth-order valence-electron chi connectivity index (χ4n) is 7.41. The number of amides is 3. The predicted molar refractivity (Wildman–Crippen MR) is 132 cm³/mol. The van der Waals surface area contributed by atoms with Crippen molar-refractivity contribution >= 4 is 17.7 Å². The molecule has 0 aromatic carbocycles. The van der Waals surface area contributed by atoms with Crippen LogP contribution in [0.15, 0.2) is 0 Å². The van der Waals surface area contributed by atoms with Crippen LogP contribution in [0.5, 0.6) is 0 Å². The summed E-state index contributed by atoms with van der Waals surface area (Å²) in [5.41, 5.74) is -1.75. The van der Waals surface area contributed by atoms with E-state index in [1.165, 1.54) is 6.42 Å². The van der Waals surface area contributed by atoms with Gasteiger partial charge in [0.25, 0.3) is 0 Å². The zero-order chi connectivity index (χ0) is 25.4. The van der Waals surface area contributed by atoms with Crippen LogP contribution in [0.1, 0.15) is 91.9 Å². The summed E-state index contributed by atoms with van der Waals surface area (Å²) in [5, 5.41) is 16.7. The highest BCUT2D eigenvalue weighted by molar-refractivity contribution is 5.99. The Balaban J connectivity index is 1.75. The first-order valence-corrected chi connectivity index (χ1v) is 14.0. The van der Waals surface area contributed by atoms with Crippen LogP contribution < -0.4 is 10.6 Å². The van der Waals surface area contributed by atoms with Crippen LogP contribution in [0.4, 0.5) is 0 Å². The molecule has 3 amide bonds. The standard InChI is InChI=1S/C27H45N3O5/c1-5-15-28-23(32)20-21-25(34)30(19(16-31)17(4)6-2)22(24(33)29-18-11-9-8-10-12-18)27(21)14-13-26(20,7-3)35-27/h17-22,31H,5-16H2,1-4H3,(H,28,32)(H,29,33)/t17-,19-,20-,21-,22?,26+,27?/m0/s1. The SMILES string of the molecule is CCCNC(=O)[C@@H]1[C@H]2C(=O)N([C@@H](CO)[C@@H](C)CC)C(C(=O)NC3CCCCC3)C23CC[C@@]1(CC)O3. The van der Waals surface area contributed by atoms with E-state index in [0.717, 1.165) is 38.5 Å². The van der Waals surface area contributed by atoms with Crippen molar-refractivity contribution in [2.45, 2.75) is 121 Å². The Kier molecular flexibility index (Phi) is 7.82. The van der Waals surface area contributed by atoms with E-state index in [2.05, 4.69) is 10.6 Å². The number of nitrogens with one attached hydrogen (secondary N) is 2. The lowest BCUT2D eigenvalue weighted by molar-refractivity contribution is -0.152. The summed E-state index contributed by atoms with van der Waals surface area (Å²) in [6.45, 7) is 8.37. The van der Waals surface area contributed by atoms with Crippen LogP contribution in [0.25, 0.3) is 0 Å². The first-order chi connectivity index (χ1) is 16.8. The molecule has 35 heavy (non-hydrogen) atoms. The van der Waals surface area contributed by atoms with Gasteiger partial charge in [-0.25, -0.2) is 0 Å². The fraction of sp³-hybridized carbons (Fsp3) is 0.889. The monoisotopic (exact) mass is 491 g/mol. The van der Waals surface area contributed by atoms with Crippen LogP contribution in [-0.2, 0) is 19.1 Å². The molecule has 198 valence electrons. The molecule has 1 aliphatic carbocycles. The van der Waals surface area contributed by atoms with E-state index < -0.39 is 35.1 Å². The minimum Gasteiger partial charge on any atom is -0.394 e. The zero-order valence-corrected chi connectivity index (χ0v) is 22.0. The van der Waals surface area contributed by atoms with Gasteiger partial charge in [0.2, 0.25) is 17.7 Å². The first-order valence-electron chi connectivity index (χ1n) is 14.0. The number of fused-ring (bicyclic) bond motifs is 1. The number of ether oxygens (including phenoxy) is 1. The topological polar surface area (TPSA) is 108 Å². The zero-order valence-electron chi connectivity index (χ0n) is 22.0. The maximum Gasteiger partial charge on any atom is 0.246 e. The smallest absolute Gasteiger partial charge is 0.246 e. The highest BCUT2D eigenvalue weighted by Gasteiger charge is 2.79. The lowest BCUT2D eigenvalue weighted by Gasteiger charge is -2.40. The van der Waals surface area contributed by atoms with E-state index in [4.69, 9.17) is 4.74 Å². The van der Waals surface area contributed by atoms with Crippen molar-refractivity contribution in [3.8, 4) is 0 Å². The Morgan fingerprint density at radius 2 is 1.86 bits per heavy atom. The molecule has 2 unspecified atom stereocenters. The molecule has 8 heteroatoms. The lowest BCUT2D eigenvalue weighted by atomic mass is 9.65. The summed E-state index contributed by atoms with van der Waals surface area (Å²) in [5.74, 6) is -1.85. The Labute approximate surface area is 209 Å². The lowest BCUT2D eigenvalue weighted by Crippen LogP contribution is -2.60. The number of rotatable bonds is 10. The van der Waals surface area contributed by atoms with Gasteiger partial charge in [-0.3, -0.25) is 14.4 Å². The minimum atomic E-state index is -1.03. The average Bonchev–Trinajstić information content (AvgIpc) is 3.47. The third-order valence-electron chi connectivity index (χ3n) is 9.50. The molecule has 2 bridgehead atoms. The normalized spacial score (nSPS) is 36.2. The second-order valence-electron chi connectivity index (χ2n) is 11.3. The maximum atomic E-state index is 14.2. The number of aliphatic hydroxyl groups excluding tert-OH is 1. The summed E-state index contributed by atoms with van der Waals surface area (Å²) < 4.78 is 6.80. The molecule has 4 fully saturated rings. The Morgan fingerprint density at radius 1 is 1.14 bits per heavy atom. The minimum absolute atomic E-state index is 0.00820. The van der Waals surface area contributed by atoms with Crippen molar-refractivity contribution in [3.63, 3.8) is 0 Å². The number of nitrogens with zero attached hydrogens (tertiary/aromatic N) is 1. The first kappa shape index (κ1) is 26.4. The molecular formula is C27H45N3O5. The molecule has 1 saturated carbocycles. The van der Waals surface area contributed by atoms with Gasteiger partial charge in [0.05, 0.1) is 30.1 Å². The molecule has 8 nitrogen and oxygen atoms in total. The number of carbonyl (C=O) groups is 3. The van der Waals surface area contributed by atoms with Crippen LogP contribution in [0, 0.1) is 17.8 Å². The quantitative estimate of drug-likeness (QED) is 0.435. The third kappa shape index (κ3) is 4.18. The van der Waals surface area contributed by atoms with Gasteiger partial charge in [-0.05, 0) is 44.4 Å². The van der Waals surface area contributed by atoms with Crippen molar-refractivity contribution in [2.75, 3.05) is 13.2 Å². The van der Waals surface area contributed by atoms with E-state index in [1.807, 2.05) is 27.7 Å². The van der Waals surface area contributed by atoms with Crippen LogP contribution in [-0.4, -0.2) is 70.2 Å². The van der Waals surface area contributed by atoms with Crippen LogP contribution >= 0.6 is 0 Å². The third-order valence-corrected chi connectivity index (χ3v) is 9.50. The number of likely N-dealkylation sites (tertiary alicyclic amines) is 1. The van der Waals surface area contributed by atoms with Gasteiger partial charge in [-0.2, -0.15) is 0 Å². The molecule has 1 spiro atoms. The van der Waals surface area contributed by atoms with Crippen molar-refractivity contribution in [1.82, 2.24) is 15.5 Å². The number of aliphatic hydroxyl groups is 1. The molecule has 4 rings (SSSR count). The largest absolute Gasteiger partial charge is 0.394 e. The molecule has 0 aromatic heterocycles. The van der Waals surface area contributed by atoms with Crippen molar-refractivity contribution < 1.29 is 24.2 Å². The molecule has 0 radical (unpaired) electrons. The number of hydrogen-bond donors (Lipinski definition) is 3. The predicted octanol–water partition coefficient (Wildman–Crippen LogP) is 2.52. The Morgan fingerprint density at radius 3 is 2.46 bits per heavy atom. The molecular weight excluding hydrogens is 446 g/mol. The molecule has 7 atom stereocenters. The summed E-state index contributed by atoms with van der Waals surface area (Å²) in [4.78, 5) is 43.3. The molecule has 3 aliphatic heterocycles. The summed E-state index contributed by atoms with van der Waals surface area (Å²) >= 11 is 0. The molecule has 3 heterocycles. The van der Waals surface area contributed by atoms with Gasteiger partial charge < -0.3 is 25.4 Å². The number of hydrogen-bond acceptors (Lipinski definition) is 5. The van der Waals surface area contributed by atoms with Gasteiger partial charge in [-0.1, -0.05) is 53.4 Å². The van der Waals surface area contributed by atoms with Crippen molar-refractivity contribution in [1.29, 1.82) is 0 Å². The molecule has 4 aliphatic rings. The summed E-state index contributed by atoms with van der Waals surface area (Å²) in [7, 11) is 0. The van der Waals surface area contributed by atoms with E-state index >= 15 is 0 Å². The van der Waals surface area contributed by atoms with Crippen molar-refractivity contribution in [3.05, 3.63) is 0 Å². The molecule has 3 saturated heterocycles. The second kappa shape index (κ2) is 10.4. The van der Waals surface area contributed by atoms with E-state index in [9.17, 15) is 19.5 Å². The van der Waals surface area contributed by atoms with E-state index in [0.29, 0.717) is 25.8 Å². The van der Waals surface area contributed by atoms with Gasteiger partial charge >= 0.3 is 0 Å². The maximum absolute atomic E-state index is 14.2. The Bertz CT molecular complexity index is 815. The van der Waals surface area contributed by atoms with Gasteiger partial charge in [0, 0.05) is 12.6 Å². The fourth-order valence-corrected chi connectivity index (χ4v) is 7.41. The summed E-state index contributed by atoms with van der Waals surface area (Å²) in [6, 6.07) is -1.22. The van der Waals surface area contributed by atoms with Gasteiger partial charge in [-0.15, -0.1) is 0 Å². The van der Waals surface area contributed by atoms with Crippen LogP contribution in [0.3, 0.4) is 0 Å². The Hall–Kier alpha value is -1.67. The average molecular weight is 492 g/mol. The van der Waals surface area contributed by atoms with E-state index in [1.54, 1.807) is 4.90 Å². The molecule has 3 N–H and O–H groups in total. The highest BCUT2D eigenvalue weighted by atomic mass is 16.5. The van der Waals surface area contributed by atoms with E-state index in [-0.39, 0.29) is 36.3 Å². The van der Waals surface area contributed by atoms with Crippen LogP contribution in [0.2, 0.25) is 0 Å². The van der Waals surface area contributed by atoms with Gasteiger partial charge in [0.15, 0.2) is 0 Å². The van der Waals surface area contributed by atoms with Crippen molar-refractivity contribution in [2.24, 2.45) is 17.8 Å².